The number of carbonyl (C=O) groups is 1. The normalized spacial score (nSPS) is 16.1. The molecule has 0 spiro atoms. The van der Waals surface area contributed by atoms with E-state index in [2.05, 4.69) is 35.1 Å². The summed E-state index contributed by atoms with van der Waals surface area (Å²) in [7, 11) is 0. The summed E-state index contributed by atoms with van der Waals surface area (Å²) >= 11 is 0. The Balaban J connectivity index is 1.15. The molecule has 0 bridgehead atoms. The van der Waals surface area contributed by atoms with Crippen LogP contribution in [-0.2, 0) is 11.3 Å². The van der Waals surface area contributed by atoms with Crippen molar-refractivity contribution in [3.05, 3.63) is 65.2 Å². The maximum atomic E-state index is 12.3. The van der Waals surface area contributed by atoms with Crippen molar-refractivity contribution >= 4 is 23.4 Å². The van der Waals surface area contributed by atoms with Crippen LogP contribution in [0.1, 0.15) is 24.5 Å². The van der Waals surface area contributed by atoms with Crippen LogP contribution in [0.15, 0.2) is 54.0 Å². The Morgan fingerprint density at radius 3 is 2.41 bits per heavy atom. The van der Waals surface area contributed by atoms with Crippen LogP contribution in [0.3, 0.4) is 0 Å². The van der Waals surface area contributed by atoms with E-state index < -0.39 is 0 Å². The molecule has 1 aliphatic carbocycles. The molecule has 5 rings (SSSR count). The average Bonchev–Trinajstić information content (AvgIpc) is 3.67. The molecule has 10 heteroatoms. The van der Waals surface area contributed by atoms with Gasteiger partial charge in [0.05, 0.1) is 30.1 Å². The Hall–Kier alpha value is -3.82. The first-order valence-electron chi connectivity index (χ1n) is 10.7. The number of anilines is 3. The molecule has 10 nitrogen and oxygen atoms in total. The molecule has 2 fully saturated rings. The molecule has 2 aliphatic rings. The van der Waals surface area contributed by atoms with Crippen LogP contribution >= 0.6 is 0 Å². The smallest absolute Gasteiger partial charge is 0.254 e. The second-order valence-corrected chi connectivity index (χ2v) is 8.04. The molecule has 4 heterocycles. The van der Waals surface area contributed by atoms with Crippen molar-refractivity contribution < 1.29 is 4.79 Å². The summed E-state index contributed by atoms with van der Waals surface area (Å²) < 4.78 is 1.30. The van der Waals surface area contributed by atoms with E-state index in [-0.39, 0.29) is 18.0 Å². The van der Waals surface area contributed by atoms with Gasteiger partial charge in [0.25, 0.3) is 5.56 Å². The molecule has 3 aromatic heterocycles. The summed E-state index contributed by atoms with van der Waals surface area (Å²) in [5, 5.41) is 2.74. The van der Waals surface area contributed by atoms with E-state index in [4.69, 9.17) is 0 Å². The van der Waals surface area contributed by atoms with E-state index in [1.54, 1.807) is 18.6 Å². The van der Waals surface area contributed by atoms with Gasteiger partial charge in [-0.1, -0.05) is 6.07 Å². The van der Waals surface area contributed by atoms with Crippen molar-refractivity contribution in [2.75, 3.05) is 41.3 Å². The quantitative estimate of drug-likeness (QED) is 0.620. The summed E-state index contributed by atoms with van der Waals surface area (Å²) in [4.78, 5) is 46.4. The lowest BCUT2D eigenvalue weighted by Crippen LogP contribution is -2.47. The summed E-state index contributed by atoms with van der Waals surface area (Å²) in [6, 6.07) is 7.43. The van der Waals surface area contributed by atoms with Gasteiger partial charge in [-0.25, -0.2) is 19.9 Å². The molecular weight excluding hydrogens is 408 g/mol. The van der Waals surface area contributed by atoms with Gasteiger partial charge in [0.15, 0.2) is 0 Å². The van der Waals surface area contributed by atoms with Gasteiger partial charge in [-0.05, 0) is 25.0 Å². The molecule has 0 aromatic carbocycles. The molecule has 1 N–H and O–H groups in total. The minimum absolute atomic E-state index is 0.103. The van der Waals surface area contributed by atoms with E-state index in [0.29, 0.717) is 17.6 Å². The number of piperazine rings is 1. The number of nitrogens with one attached hydrogen (secondary N) is 1. The molecule has 0 unspecified atom stereocenters. The highest BCUT2D eigenvalue weighted by Gasteiger charge is 2.25. The monoisotopic (exact) mass is 432 g/mol. The van der Waals surface area contributed by atoms with Crippen molar-refractivity contribution in [2.45, 2.75) is 25.3 Å². The first-order chi connectivity index (χ1) is 15.7. The highest BCUT2D eigenvalue weighted by Crippen LogP contribution is 2.38. The molecule has 0 radical (unpaired) electrons. The lowest BCUT2D eigenvalue weighted by atomic mass is 10.3. The molecule has 1 amide bonds. The van der Waals surface area contributed by atoms with Crippen molar-refractivity contribution in [3.63, 3.8) is 0 Å². The van der Waals surface area contributed by atoms with Crippen molar-refractivity contribution in [1.29, 1.82) is 0 Å². The molecule has 0 atom stereocenters. The summed E-state index contributed by atoms with van der Waals surface area (Å²) in [5.41, 5.74) is 1.09. The Kier molecular flexibility index (Phi) is 5.49. The number of nitrogens with zero attached hydrogens (tertiary/aromatic N) is 7. The largest absolute Gasteiger partial charge is 0.353 e. The van der Waals surface area contributed by atoms with Crippen molar-refractivity contribution in [2.24, 2.45) is 0 Å². The number of aromatic nitrogens is 5. The molecule has 32 heavy (non-hydrogen) atoms. The van der Waals surface area contributed by atoms with Gasteiger partial charge in [-0.2, -0.15) is 0 Å². The SMILES string of the molecule is O=C(Cn1cnc(C2CC2)cc1=O)Nc1cnc(N2CCN(c3ccccn3)CC2)nc1. The van der Waals surface area contributed by atoms with E-state index in [0.717, 1.165) is 50.5 Å². The van der Waals surface area contributed by atoms with Crippen molar-refractivity contribution in [1.82, 2.24) is 24.5 Å². The lowest BCUT2D eigenvalue weighted by molar-refractivity contribution is -0.116. The maximum absolute atomic E-state index is 12.3. The Labute approximate surface area is 185 Å². The fourth-order valence-electron chi connectivity index (χ4n) is 3.74. The zero-order chi connectivity index (χ0) is 21.9. The Morgan fingerprint density at radius 2 is 1.75 bits per heavy atom. The predicted octanol–water partition coefficient (Wildman–Crippen LogP) is 1.27. The van der Waals surface area contributed by atoms with Crippen LogP contribution in [0.5, 0.6) is 0 Å². The molecular formula is C22H24N8O2. The summed E-state index contributed by atoms with van der Waals surface area (Å²) in [6.07, 6.45) is 8.57. The van der Waals surface area contributed by atoms with E-state index >= 15 is 0 Å². The fraction of sp³-hybridized carbons (Fsp3) is 0.364. The first-order valence-corrected chi connectivity index (χ1v) is 10.7. The highest BCUT2D eigenvalue weighted by molar-refractivity contribution is 5.90. The lowest BCUT2D eigenvalue weighted by Gasteiger charge is -2.35. The molecule has 1 saturated heterocycles. The van der Waals surface area contributed by atoms with E-state index in [1.165, 1.54) is 17.0 Å². The first kappa shape index (κ1) is 20.1. The zero-order valence-corrected chi connectivity index (χ0v) is 17.6. The third-order valence-electron chi connectivity index (χ3n) is 5.67. The van der Waals surface area contributed by atoms with Gasteiger partial charge in [0, 0.05) is 44.4 Å². The number of hydrogen-bond acceptors (Lipinski definition) is 8. The minimum atomic E-state index is -0.326. The standard InChI is InChI=1S/C22H24N8O2/c31-20(14-30-15-26-18(11-21(30)32)16-4-5-16)27-17-12-24-22(25-13-17)29-9-7-28(8-10-29)19-3-1-2-6-23-19/h1-3,6,11-13,15-16H,4-5,7-10,14H2,(H,27,31). The van der Waals surface area contributed by atoms with Crippen LogP contribution in [0.25, 0.3) is 0 Å². The van der Waals surface area contributed by atoms with Gasteiger partial charge in [-0.15, -0.1) is 0 Å². The third kappa shape index (κ3) is 4.58. The van der Waals surface area contributed by atoms with Gasteiger partial charge < -0.3 is 15.1 Å². The minimum Gasteiger partial charge on any atom is -0.353 e. The van der Waals surface area contributed by atoms with Gasteiger partial charge in [0.1, 0.15) is 12.4 Å². The second-order valence-electron chi connectivity index (χ2n) is 8.04. The Morgan fingerprint density at radius 1 is 1.00 bits per heavy atom. The van der Waals surface area contributed by atoms with Crippen LogP contribution in [0.2, 0.25) is 0 Å². The van der Waals surface area contributed by atoms with Crippen molar-refractivity contribution in [3.8, 4) is 0 Å². The summed E-state index contributed by atoms with van der Waals surface area (Å²) in [5.74, 6) is 1.68. The van der Waals surface area contributed by atoms with Crippen LogP contribution < -0.4 is 20.7 Å². The third-order valence-corrected chi connectivity index (χ3v) is 5.67. The van der Waals surface area contributed by atoms with Crippen LogP contribution in [-0.4, -0.2) is 56.6 Å². The fourth-order valence-corrected chi connectivity index (χ4v) is 3.74. The average molecular weight is 432 g/mol. The molecule has 164 valence electrons. The van der Waals surface area contributed by atoms with Gasteiger partial charge in [-0.3, -0.25) is 14.2 Å². The van der Waals surface area contributed by atoms with Gasteiger partial charge in [0.2, 0.25) is 11.9 Å². The zero-order valence-electron chi connectivity index (χ0n) is 17.6. The number of amides is 1. The highest BCUT2D eigenvalue weighted by atomic mass is 16.2. The van der Waals surface area contributed by atoms with Crippen LogP contribution in [0.4, 0.5) is 17.5 Å². The van der Waals surface area contributed by atoms with E-state index in [1.807, 2.05) is 18.2 Å². The maximum Gasteiger partial charge on any atom is 0.254 e. The second kappa shape index (κ2) is 8.74. The van der Waals surface area contributed by atoms with Gasteiger partial charge >= 0.3 is 0 Å². The van der Waals surface area contributed by atoms with E-state index in [9.17, 15) is 9.59 Å². The molecule has 1 aliphatic heterocycles. The summed E-state index contributed by atoms with van der Waals surface area (Å²) in [6.45, 7) is 3.14. The number of rotatable bonds is 6. The molecule has 1 saturated carbocycles. The van der Waals surface area contributed by atoms with Crippen LogP contribution in [0, 0.1) is 0 Å². The topological polar surface area (TPSA) is 109 Å². The number of carbonyl (C=O) groups excluding carboxylic acids is 1. The Bertz CT molecular complexity index is 1140. The molecule has 3 aromatic rings. The number of pyridine rings is 1. The predicted molar refractivity (Wildman–Crippen MR) is 120 cm³/mol. The number of hydrogen-bond donors (Lipinski definition) is 1.